The van der Waals surface area contributed by atoms with Gasteiger partial charge in [0.05, 0.1) is 12.5 Å². The van der Waals surface area contributed by atoms with Crippen LogP contribution in [0.2, 0.25) is 0 Å². The minimum Gasteiger partial charge on any atom is -0.301 e. The van der Waals surface area contributed by atoms with Crippen molar-refractivity contribution in [2.45, 2.75) is 58.2 Å². The Bertz CT molecular complexity index is 328. The highest BCUT2D eigenvalue weighted by atomic mass is 15.3. The van der Waals surface area contributed by atoms with Gasteiger partial charge in [-0.1, -0.05) is 6.92 Å². The van der Waals surface area contributed by atoms with Crippen molar-refractivity contribution < 1.29 is 0 Å². The smallest absolute Gasteiger partial charge is 0.0638 e. The lowest BCUT2D eigenvalue weighted by atomic mass is 9.97. The molecule has 2 aliphatic heterocycles. The van der Waals surface area contributed by atoms with Gasteiger partial charge in [0, 0.05) is 37.8 Å². The minimum absolute atomic E-state index is 0.448. The van der Waals surface area contributed by atoms with Crippen molar-refractivity contribution in [3.05, 3.63) is 0 Å². The lowest BCUT2D eigenvalue weighted by Crippen LogP contribution is -2.58. The van der Waals surface area contributed by atoms with Crippen LogP contribution in [0.4, 0.5) is 0 Å². The number of rotatable bonds is 4. The lowest BCUT2D eigenvalue weighted by Gasteiger charge is -2.47. The van der Waals surface area contributed by atoms with Crippen molar-refractivity contribution in [1.29, 1.82) is 5.26 Å². The van der Waals surface area contributed by atoms with E-state index in [0.717, 1.165) is 19.6 Å². The van der Waals surface area contributed by atoms with Crippen LogP contribution in [0, 0.1) is 11.3 Å². The summed E-state index contributed by atoms with van der Waals surface area (Å²) >= 11 is 0. The Labute approximate surface area is 124 Å². The van der Waals surface area contributed by atoms with E-state index in [1.165, 1.54) is 32.5 Å². The predicted octanol–water partition coefficient (Wildman–Crippen LogP) is 1.78. The summed E-state index contributed by atoms with van der Waals surface area (Å²) in [6.45, 7) is 13.7. The van der Waals surface area contributed by atoms with Crippen LogP contribution in [-0.2, 0) is 0 Å². The Hall–Kier alpha value is -0.630. The maximum absolute atomic E-state index is 9.11. The van der Waals surface area contributed by atoms with Crippen LogP contribution in [0.3, 0.4) is 0 Å². The van der Waals surface area contributed by atoms with Gasteiger partial charge in [0.2, 0.25) is 0 Å². The molecule has 0 bridgehead atoms. The van der Waals surface area contributed by atoms with Crippen LogP contribution in [0.1, 0.15) is 40.0 Å². The van der Waals surface area contributed by atoms with E-state index in [1.807, 2.05) is 0 Å². The molecule has 2 rings (SSSR count). The van der Waals surface area contributed by atoms with Crippen molar-refractivity contribution in [1.82, 2.24) is 14.7 Å². The normalized spacial score (nSPS) is 27.9. The summed E-state index contributed by atoms with van der Waals surface area (Å²) in [6.07, 6.45) is 3.22. The van der Waals surface area contributed by atoms with E-state index in [2.05, 4.69) is 41.5 Å². The highest BCUT2D eigenvalue weighted by Gasteiger charge is 2.33. The Morgan fingerprint density at radius 1 is 1.15 bits per heavy atom. The van der Waals surface area contributed by atoms with Gasteiger partial charge in [-0.3, -0.25) is 4.90 Å². The molecule has 0 aliphatic carbocycles. The van der Waals surface area contributed by atoms with E-state index in [1.54, 1.807) is 0 Å². The van der Waals surface area contributed by atoms with Gasteiger partial charge in [0.1, 0.15) is 0 Å². The van der Waals surface area contributed by atoms with E-state index in [9.17, 15) is 0 Å². The SMILES string of the molecule is CCN1CCN(C2CCN(C(C)C)CC2)[C@@H](CC#N)C1. The van der Waals surface area contributed by atoms with Crippen LogP contribution in [0.15, 0.2) is 0 Å². The van der Waals surface area contributed by atoms with Gasteiger partial charge in [-0.25, -0.2) is 0 Å². The van der Waals surface area contributed by atoms with Gasteiger partial charge in [0.25, 0.3) is 0 Å². The fraction of sp³-hybridized carbons (Fsp3) is 0.938. The molecule has 114 valence electrons. The molecule has 2 heterocycles. The number of piperazine rings is 1. The highest BCUT2D eigenvalue weighted by molar-refractivity contribution is 4.93. The summed E-state index contributed by atoms with van der Waals surface area (Å²) in [5.41, 5.74) is 0. The molecule has 0 aromatic carbocycles. The van der Waals surface area contributed by atoms with E-state index in [-0.39, 0.29) is 0 Å². The quantitative estimate of drug-likeness (QED) is 0.785. The van der Waals surface area contributed by atoms with Crippen molar-refractivity contribution >= 4 is 0 Å². The molecule has 0 amide bonds. The second-order valence-electron chi connectivity index (χ2n) is 6.51. The largest absolute Gasteiger partial charge is 0.301 e. The summed E-state index contributed by atoms with van der Waals surface area (Å²) in [4.78, 5) is 7.72. The molecule has 0 unspecified atom stereocenters. The number of nitriles is 1. The molecule has 2 fully saturated rings. The lowest BCUT2D eigenvalue weighted by molar-refractivity contribution is 0.0140. The molecule has 20 heavy (non-hydrogen) atoms. The summed E-state index contributed by atoms with van der Waals surface area (Å²) in [5, 5.41) is 9.11. The number of likely N-dealkylation sites (tertiary alicyclic amines) is 1. The van der Waals surface area contributed by atoms with Gasteiger partial charge in [-0.05, 0) is 46.3 Å². The molecule has 0 spiro atoms. The van der Waals surface area contributed by atoms with Crippen LogP contribution < -0.4 is 0 Å². The minimum atomic E-state index is 0.448. The Morgan fingerprint density at radius 3 is 2.40 bits per heavy atom. The van der Waals surface area contributed by atoms with Gasteiger partial charge < -0.3 is 9.80 Å². The van der Waals surface area contributed by atoms with Gasteiger partial charge >= 0.3 is 0 Å². The first-order valence-electron chi connectivity index (χ1n) is 8.24. The number of hydrogen-bond acceptors (Lipinski definition) is 4. The number of likely N-dealkylation sites (N-methyl/N-ethyl adjacent to an activating group) is 1. The van der Waals surface area contributed by atoms with Crippen LogP contribution in [-0.4, -0.2) is 72.1 Å². The van der Waals surface area contributed by atoms with Gasteiger partial charge in [-0.2, -0.15) is 5.26 Å². The molecule has 2 aliphatic rings. The summed E-state index contributed by atoms with van der Waals surface area (Å²) in [7, 11) is 0. The van der Waals surface area contributed by atoms with Crippen LogP contribution in [0.5, 0.6) is 0 Å². The zero-order chi connectivity index (χ0) is 14.5. The Morgan fingerprint density at radius 2 is 1.85 bits per heavy atom. The second-order valence-corrected chi connectivity index (χ2v) is 6.51. The number of nitrogens with zero attached hydrogens (tertiary/aromatic N) is 4. The zero-order valence-corrected chi connectivity index (χ0v) is 13.4. The van der Waals surface area contributed by atoms with Gasteiger partial charge in [0.15, 0.2) is 0 Å². The number of hydrogen-bond donors (Lipinski definition) is 0. The van der Waals surface area contributed by atoms with Crippen molar-refractivity contribution in [3.63, 3.8) is 0 Å². The fourth-order valence-corrected chi connectivity index (χ4v) is 3.72. The summed E-state index contributed by atoms with van der Waals surface area (Å²) < 4.78 is 0. The summed E-state index contributed by atoms with van der Waals surface area (Å²) in [6, 6.07) is 4.21. The second kappa shape index (κ2) is 7.40. The van der Waals surface area contributed by atoms with E-state index in [0.29, 0.717) is 24.5 Å². The highest BCUT2D eigenvalue weighted by Crippen LogP contribution is 2.23. The van der Waals surface area contributed by atoms with Crippen molar-refractivity contribution in [2.24, 2.45) is 0 Å². The number of piperidine rings is 1. The topological polar surface area (TPSA) is 33.5 Å². The molecule has 0 N–H and O–H groups in total. The summed E-state index contributed by atoms with van der Waals surface area (Å²) in [5.74, 6) is 0. The molecule has 4 nitrogen and oxygen atoms in total. The molecule has 2 saturated heterocycles. The Kier molecular flexibility index (Phi) is 5.83. The first-order valence-corrected chi connectivity index (χ1v) is 8.24. The molecular formula is C16H30N4. The van der Waals surface area contributed by atoms with Crippen LogP contribution >= 0.6 is 0 Å². The van der Waals surface area contributed by atoms with Crippen molar-refractivity contribution in [3.8, 4) is 6.07 Å². The average molecular weight is 278 g/mol. The first kappa shape index (κ1) is 15.8. The molecule has 0 aromatic rings. The standard InChI is InChI=1S/C16H30N4/c1-4-18-11-12-20(16(13-18)5-8-17)15-6-9-19(10-7-15)14(2)3/h14-16H,4-7,9-13H2,1-3H3/t16-/m0/s1. The third-order valence-electron chi connectivity index (χ3n) is 5.08. The molecule has 0 saturated carbocycles. The van der Waals surface area contributed by atoms with Gasteiger partial charge in [-0.15, -0.1) is 0 Å². The molecule has 4 heteroatoms. The third-order valence-corrected chi connectivity index (χ3v) is 5.08. The first-order chi connectivity index (χ1) is 9.65. The van der Waals surface area contributed by atoms with Crippen LogP contribution in [0.25, 0.3) is 0 Å². The maximum atomic E-state index is 9.11. The third kappa shape index (κ3) is 3.72. The zero-order valence-electron chi connectivity index (χ0n) is 13.4. The van der Waals surface area contributed by atoms with E-state index < -0.39 is 0 Å². The van der Waals surface area contributed by atoms with E-state index >= 15 is 0 Å². The predicted molar refractivity (Wildman–Crippen MR) is 82.6 cm³/mol. The molecular weight excluding hydrogens is 248 g/mol. The molecule has 1 atom stereocenters. The Balaban J connectivity index is 1.92. The van der Waals surface area contributed by atoms with E-state index in [4.69, 9.17) is 5.26 Å². The molecule has 0 radical (unpaired) electrons. The monoisotopic (exact) mass is 278 g/mol. The van der Waals surface area contributed by atoms with Crippen molar-refractivity contribution in [2.75, 3.05) is 39.3 Å². The maximum Gasteiger partial charge on any atom is 0.0638 e. The fourth-order valence-electron chi connectivity index (χ4n) is 3.72. The average Bonchev–Trinajstić information content (AvgIpc) is 2.47. The molecule has 0 aromatic heterocycles.